The second kappa shape index (κ2) is 57.3. The summed E-state index contributed by atoms with van der Waals surface area (Å²) in [6.07, 6.45) is 12.0. The molecule has 2 aliphatic heterocycles. The van der Waals surface area contributed by atoms with Crippen molar-refractivity contribution in [2.45, 2.75) is 254 Å². The van der Waals surface area contributed by atoms with E-state index >= 15 is 9.13 Å². The van der Waals surface area contributed by atoms with Crippen molar-refractivity contribution in [2.24, 2.45) is 0 Å². The first-order valence-electron chi connectivity index (χ1n) is 39.3. The summed E-state index contributed by atoms with van der Waals surface area (Å²) < 4.78 is 254. The molecule has 10 aromatic rings. The number of benzene rings is 10. The van der Waals surface area contributed by atoms with Crippen LogP contribution in [-0.4, -0.2) is 89.1 Å². The second-order valence-corrected chi connectivity index (χ2v) is 43.8. The van der Waals surface area contributed by atoms with Gasteiger partial charge in [-0.15, -0.1) is 0 Å². The number of hydrogen-bond acceptors (Lipinski definition) is 16. The van der Waals surface area contributed by atoms with Crippen LogP contribution < -0.4 is 19.7 Å². The van der Waals surface area contributed by atoms with Gasteiger partial charge in [-0.1, -0.05) is 262 Å². The molecular formula is C94H122O22P2S6Y6. The van der Waals surface area contributed by atoms with E-state index in [4.69, 9.17) is 9.05 Å². The minimum atomic E-state index is -4.84. The van der Waals surface area contributed by atoms with Gasteiger partial charge < -0.3 is 9.05 Å². The fourth-order valence-corrected chi connectivity index (χ4v) is 26.4. The van der Waals surface area contributed by atoms with Gasteiger partial charge in [0, 0.05) is 207 Å². The van der Waals surface area contributed by atoms with Crippen LogP contribution in [0, 0.1) is 6.92 Å². The summed E-state index contributed by atoms with van der Waals surface area (Å²) in [5.74, 6) is 1.01. The first kappa shape index (κ1) is 130. The topological polar surface area (TPSA) is 379 Å². The number of rotatable bonds is 36. The third kappa shape index (κ3) is 34.1. The number of fused-ring (bicyclic) bond motifs is 6. The molecule has 0 spiro atoms. The van der Waals surface area contributed by atoms with Crippen molar-refractivity contribution >= 4 is 86.1 Å². The average Bonchev–Trinajstić information content (AvgIpc) is 0.738. The van der Waals surface area contributed by atoms with Crippen LogP contribution in [0.15, 0.2) is 236 Å². The van der Waals surface area contributed by atoms with Crippen LogP contribution in [0.5, 0.6) is 11.5 Å². The van der Waals surface area contributed by atoms with Crippen LogP contribution in [0.4, 0.5) is 0 Å². The Morgan fingerprint density at radius 3 is 0.885 bits per heavy atom. The van der Waals surface area contributed by atoms with Crippen LogP contribution in [0.2, 0.25) is 0 Å². The largest absolute Gasteiger partial charge is 0.439 e. The van der Waals surface area contributed by atoms with Crippen molar-refractivity contribution in [3.63, 3.8) is 0 Å². The summed E-state index contributed by atoms with van der Waals surface area (Å²) in [5.41, 5.74) is 7.07. The maximum Gasteiger partial charge on any atom is 0.294 e. The SMILES string of the molecule is C.C.C.C.C.C.CCCCCCCc1ccc(Cc2ccc(CCCc3ccc(Cc4ccc(C)c(S(=O)(=O)O)c4)cc3S(=O)(=O)O)c(S(=O)(=O)O)c2)cc1S(=O)(=O)O.CCCCCCc1ccc(Cc2ccc(CC(CCCC(CC)P3(=O)Oc4ccccc4-c4ccccc43)P3(=O)Oc4ccccc4-c4ccccc43)c(S(=O)(=O)O)c2)cc1S(=O)(=O)O.[Y].[Y].[Y].[Y].[Y].[Y]. The van der Waals surface area contributed by atoms with E-state index in [-0.39, 0.29) is 337 Å². The second-order valence-electron chi connectivity index (χ2n) is 30.3. The van der Waals surface area contributed by atoms with E-state index in [1.165, 1.54) is 61.5 Å². The molecule has 36 heteroatoms. The van der Waals surface area contributed by atoms with Gasteiger partial charge in [0.2, 0.25) is 0 Å². The normalized spacial score (nSPS) is 14.4. The third-order valence-corrected chi connectivity index (χ3v) is 33.5. The minimum Gasteiger partial charge on any atom is -0.439 e. The van der Waals surface area contributed by atoms with Gasteiger partial charge in [-0.05, 0) is 235 Å². The van der Waals surface area contributed by atoms with Crippen LogP contribution in [0.1, 0.15) is 222 Å². The molecule has 12 rings (SSSR count). The first-order valence-corrected chi connectivity index (χ1v) is 51.3. The van der Waals surface area contributed by atoms with Crippen LogP contribution in [-0.2, 0) is 317 Å². The quantitative estimate of drug-likeness (QED) is 0.0121. The molecule has 0 saturated heterocycles. The molecule has 0 bridgehead atoms. The van der Waals surface area contributed by atoms with Gasteiger partial charge in [-0.25, -0.2) is 0 Å². The molecule has 10 aromatic carbocycles. The molecule has 0 aliphatic carbocycles. The van der Waals surface area contributed by atoms with Crippen molar-refractivity contribution in [3.05, 3.63) is 273 Å². The Balaban J connectivity index is 0. The number of aryl methyl sites for hydroxylation is 5. The molecule has 22 nitrogen and oxygen atoms in total. The zero-order chi connectivity index (χ0) is 85.2. The smallest absolute Gasteiger partial charge is 0.294 e. The standard InChI is InChI=1S/C51H54O10P2S2.C37H44O12S4.6CH4.6Y/c1-3-5-6-7-17-38-30-28-36(33-50(38)64(54,55)56)32-37-29-31-39(51(34-37)65(57,58)59)35-41(63(53)49-27-15-11-23-45(49)43-21-9-13-25-47(43)61-63)19-16-18-40(4-2)62(52)48-26-14-10-22-44(48)42-20-8-12-24-46(42)60-62;1-3-4-5-6-7-9-31-17-14-29(23-35(31)51(41,42)43)21-30-16-19-33(37(25-30)53(47,48)49)11-8-10-32-18-15-28(24-36(32)52(44,45)46)20-27-13-12-26(2)34(22-27)50(38,39)40;;;;;;;;;;;;/h8-15,20-31,33-34,40-41H,3-7,16-19,32,35H2,1-2H3,(H,54,55,56)(H,57,58,59);12-19,22-25H,3-11,20-21H2,1-2H3,(H,38,39,40)(H,41,42,43)(H,44,45,46)(H,47,48,49);6*1H4;;;;;;. The van der Waals surface area contributed by atoms with Crippen molar-refractivity contribution in [1.29, 1.82) is 0 Å². The van der Waals surface area contributed by atoms with E-state index < -0.39 is 81.1 Å². The van der Waals surface area contributed by atoms with E-state index in [0.717, 1.165) is 80.0 Å². The monoisotopic (exact) mass is 2390 g/mol. The summed E-state index contributed by atoms with van der Waals surface area (Å²) in [7, 11) is -35.1. The van der Waals surface area contributed by atoms with Gasteiger partial charge in [0.1, 0.15) is 11.5 Å². The zero-order valence-electron chi connectivity index (χ0n) is 69.4. The summed E-state index contributed by atoms with van der Waals surface area (Å²) >= 11 is 0. The van der Waals surface area contributed by atoms with Crippen LogP contribution in [0.25, 0.3) is 22.3 Å². The van der Waals surface area contributed by atoms with Gasteiger partial charge >= 0.3 is 0 Å². The molecule has 130 heavy (non-hydrogen) atoms. The molecule has 2 heterocycles. The molecule has 6 radical (unpaired) electrons. The van der Waals surface area contributed by atoms with E-state index in [2.05, 4.69) is 13.8 Å². The molecular weight excluding hydrogens is 2270 g/mol. The molecule has 0 aromatic heterocycles. The number of unbranched alkanes of at least 4 members (excludes halogenated alkanes) is 7. The summed E-state index contributed by atoms with van der Waals surface area (Å²) in [6, 6.07) is 57.5. The van der Waals surface area contributed by atoms with Gasteiger partial charge in [0.15, 0.2) is 0 Å². The van der Waals surface area contributed by atoms with Crippen molar-refractivity contribution < 1.29 is 292 Å². The summed E-state index contributed by atoms with van der Waals surface area (Å²) in [5, 5.41) is 1.18. The van der Waals surface area contributed by atoms with Gasteiger partial charge in [-0.2, -0.15) is 50.5 Å². The predicted molar refractivity (Wildman–Crippen MR) is 498 cm³/mol. The summed E-state index contributed by atoms with van der Waals surface area (Å²) in [4.78, 5) is -1.74. The molecule has 0 saturated carbocycles. The molecule has 694 valence electrons. The average molecular weight is 2390 g/mol. The summed E-state index contributed by atoms with van der Waals surface area (Å²) in [6.45, 7) is 7.69. The van der Waals surface area contributed by atoms with Gasteiger partial charge in [0.05, 0.1) is 51.3 Å². The molecule has 4 atom stereocenters. The van der Waals surface area contributed by atoms with Crippen molar-refractivity contribution in [2.75, 3.05) is 0 Å². The molecule has 6 N–H and O–H groups in total. The Bertz CT molecular complexity index is 6250. The van der Waals surface area contributed by atoms with Crippen molar-refractivity contribution in [3.8, 4) is 33.8 Å². The Morgan fingerprint density at radius 1 is 0.292 bits per heavy atom. The predicted octanol–water partition coefficient (Wildman–Crippen LogP) is 22.7. The van der Waals surface area contributed by atoms with Crippen LogP contribution in [0.3, 0.4) is 0 Å². The fourth-order valence-electron chi connectivity index (χ4n) is 15.9. The maximum atomic E-state index is 15.9. The van der Waals surface area contributed by atoms with E-state index in [1.54, 1.807) is 72.8 Å². The van der Waals surface area contributed by atoms with E-state index in [0.29, 0.717) is 111 Å². The van der Waals surface area contributed by atoms with E-state index in [9.17, 15) is 77.8 Å². The van der Waals surface area contributed by atoms with Crippen molar-refractivity contribution in [1.82, 2.24) is 0 Å². The Kier molecular flexibility index (Phi) is 57.5. The zero-order valence-corrected chi connectivity index (χ0v) is 93.1. The Hall–Kier alpha value is -1.66. The van der Waals surface area contributed by atoms with Gasteiger partial charge in [-0.3, -0.25) is 36.4 Å². The molecule has 0 amide bonds. The number of para-hydroxylation sites is 2. The third-order valence-electron chi connectivity index (χ3n) is 21.8. The Labute approximate surface area is 925 Å². The van der Waals surface area contributed by atoms with Gasteiger partial charge in [0.25, 0.3) is 75.4 Å². The van der Waals surface area contributed by atoms with E-state index in [1.807, 2.05) is 85.8 Å². The molecule has 2 aliphatic rings. The maximum absolute atomic E-state index is 15.9. The van der Waals surface area contributed by atoms with Crippen LogP contribution >= 0.6 is 14.7 Å². The Morgan fingerprint density at radius 2 is 0.554 bits per heavy atom. The fraction of sp³-hybridized carbons (Fsp3) is 0.362. The first-order chi connectivity index (χ1) is 55.8. The minimum absolute atomic E-state index is 0. The number of hydrogen-bond donors (Lipinski definition) is 6. The molecule has 4 unspecified atom stereocenters. The molecule has 0 fully saturated rings.